The first kappa shape index (κ1) is 28.5. The molecule has 4 aliphatic carbocycles. The number of nitrogens with one attached hydrogen (secondary N) is 1. The smallest absolute Gasteiger partial charge is 0.237 e. The molecule has 0 radical (unpaired) electrons. The highest BCUT2D eigenvalue weighted by atomic mass is 32.2. The minimum Gasteiger partial charge on any atom is -0.390 e. The van der Waals surface area contributed by atoms with E-state index in [1.54, 1.807) is 39.0 Å². The summed E-state index contributed by atoms with van der Waals surface area (Å²) in [5, 5.41) is 26.2. The highest BCUT2D eigenvalue weighted by molar-refractivity contribution is 8.00. The molecule has 9 atom stereocenters. The Kier molecular flexibility index (Phi) is 7.36. The molecule has 9 heteroatoms. The second-order valence-electron chi connectivity index (χ2n) is 12.2. The Morgan fingerprint density at radius 2 is 2.00 bits per heavy atom. The van der Waals surface area contributed by atoms with Crippen LogP contribution >= 0.6 is 11.8 Å². The third-order valence-corrected chi connectivity index (χ3v) is 11.3. The molecule has 4 aliphatic rings. The summed E-state index contributed by atoms with van der Waals surface area (Å²) < 4.78 is 17.3. The van der Waals surface area contributed by atoms with Crippen molar-refractivity contribution in [3.05, 3.63) is 23.8 Å². The van der Waals surface area contributed by atoms with E-state index in [1.165, 1.54) is 23.9 Å². The summed E-state index contributed by atoms with van der Waals surface area (Å²) in [4.78, 5) is 39.7. The topological polar surface area (TPSA) is 107 Å². The monoisotopic (exact) mass is 540 g/mol. The maximum Gasteiger partial charge on any atom is 0.237 e. The van der Waals surface area contributed by atoms with Crippen LogP contribution in [0.1, 0.15) is 46.5 Å². The van der Waals surface area contributed by atoms with E-state index in [1.807, 2.05) is 13.8 Å². The normalized spacial score (nSPS) is 43.5. The van der Waals surface area contributed by atoms with Crippen LogP contribution < -0.4 is 5.32 Å². The number of allylic oxidation sites excluding steroid dienone is 4. The lowest BCUT2D eigenvalue weighted by atomic mass is 9.44. The number of hydrogen-bond donors (Lipinski definition) is 3. The van der Waals surface area contributed by atoms with E-state index < -0.39 is 46.1 Å². The van der Waals surface area contributed by atoms with Crippen molar-refractivity contribution in [1.82, 2.24) is 10.2 Å². The van der Waals surface area contributed by atoms with Crippen LogP contribution in [0.4, 0.5) is 4.39 Å². The number of carbonyl (C=O) groups excluding carboxylic acids is 3. The van der Waals surface area contributed by atoms with Gasteiger partial charge in [-0.3, -0.25) is 19.3 Å². The molecule has 0 spiro atoms. The second-order valence-corrected chi connectivity index (χ2v) is 13.2. The molecule has 0 aromatic rings. The molecule has 0 heterocycles. The number of nitrogens with zero attached hydrogens (tertiary/aromatic N) is 1. The van der Waals surface area contributed by atoms with Crippen molar-refractivity contribution in [1.29, 1.82) is 0 Å². The van der Waals surface area contributed by atoms with Gasteiger partial charge in [-0.15, -0.1) is 0 Å². The molecule has 0 saturated heterocycles. The molecule has 37 heavy (non-hydrogen) atoms. The average molecular weight is 541 g/mol. The van der Waals surface area contributed by atoms with Crippen molar-refractivity contribution in [3.8, 4) is 0 Å². The minimum absolute atomic E-state index is 0.0292. The quantitative estimate of drug-likeness (QED) is 0.455. The fourth-order valence-electron chi connectivity index (χ4n) is 8.14. The number of halogens is 1. The Morgan fingerprint density at radius 1 is 1.32 bits per heavy atom. The predicted molar refractivity (Wildman–Crippen MR) is 142 cm³/mol. The maximum absolute atomic E-state index is 17.3. The first-order chi connectivity index (χ1) is 17.2. The molecule has 3 N–H and O–H groups in total. The third-order valence-electron chi connectivity index (χ3n) is 10.3. The van der Waals surface area contributed by atoms with Gasteiger partial charge in [0.2, 0.25) is 5.91 Å². The van der Waals surface area contributed by atoms with Crippen LogP contribution in [-0.4, -0.2) is 88.7 Å². The largest absolute Gasteiger partial charge is 0.390 e. The van der Waals surface area contributed by atoms with Crippen LogP contribution in [0, 0.1) is 28.6 Å². The number of ketones is 2. The number of carbonyl (C=O) groups is 3. The van der Waals surface area contributed by atoms with Crippen LogP contribution in [0.15, 0.2) is 23.8 Å². The highest BCUT2D eigenvalue weighted by Gasteiger charge is 2.75. The summed E-state index contributed by atoms with van der Waals surface area (Å²) in [6.45, 7) is 5.45. The number of hydrogen-bond acceptors (Lipinski definition) is 7. The molecule has 0 aromatic heterocycles. The minimum atomic E-state index is -1.99. The first-order valence-electron chi connectivity index (χ1n) is 13.2. The predicted octanol–water partition coefficient (Wildman–Crippen LogP) is 2.31. The van der Waals surface area contributed by atoms with Crippen LogP contribution in [0.3, 0.4) is 0 Å². The number of likely N-dealkylation sites (N-methyl/N-ethyl adjacent to an activating group) is 2. The molecular formula is C28H41FN2O5S. The van der Waals surface area contributed by atoms with Crippen LogP contribution in [-0.2, 0) is 14.4 Å². The van der Waals surface area contributed by atoms with Crippen molar-refractivity contribution in [2.24, 2.45) is 28.6 Å². The standard InChI is InChI=1S/C28H41FN2O5S/c1-16-11-20-19-8-7-17-12-18(32)9-10-25(17,2)27(19,29)22(33)13-26(20,3)28(16,36)23(34)15-37-14-21(31(5)6)24(35)30-4/h9-10,12,16,19-22,33,36H,7-8,11,13-15H2,1-6H3,(H,30,35)/t16-,19+,20+,21?,22+,25+,26+,27+,28+/m1/s1/i5+2,6+2. The molecular weight excluding hydrogens is 499 g/mol. The summed E-state index contributed by atoms with van der Waals surface area (Å²) in [5.74, 6) is -1.45. The Bertz CT molecular complexity index is 1050. The number of amides is 1. The fraction of sp³-hybridized carbons (Fsp3) is 0.750. The molecule has 1 unspecified atom stereocenters. The lowest BCUT2D eigenvalue weighted by Gasteiger charge is -2.62. The van der Waals surface area contributed by atoms with Gasteiger partial charge in [-0.1, -0.05) is 25.5 Å². The van der Waals surface area contributed by atoms with Crippen molar-refractivity contribution in [2.75, 3.05) is 32.6 Å². The zero-order chi connectivity index (χ0) is 27.6. The van der Waals surface area contributed by atoms with Crippen LogP contribution in [0.2, 0.25) is 0 Å². The van der Waals surface area contributed by atoms with Crippen molar-refractivity contribution >= 4 is 29.2 Å². The lowest BCUT2D eigenvalue weighted by Crippen LogP contribution is -2.69. The van der Waals surface area contributed by atoms with Gasteiger partial charge in [0.25, 0.3) is 0 Å². The summed E-state index contributed by atoms with van der Waals surface area (Å²) >= 11 is 1.31. The average Bonchev–Trinajstić information content (AvgIpc) is 3.04. The molecule has 0 aromatic carbocycles. The van der Waals surface area contributed by atoms with Gasteiger partial charge in [0.1, 0.15) is 5.60 Å². The van der Waals surface area contributed by atoms with Crippen LogP contribution in [0.5, 0.6) is 0 Å². The van der Waals surface area contributed by atoms with Gasteiger partial charge in [-0.2, -0.15) is 11.8 Å². The number of fused-ring (bicyclic) bond motifs is 5. The van der Waals surface area contributed by atoms with Gasteiger partial charge < -0.3 is 15.5 Å². The number of aliphatic hydroxyl groups is 2. The highest BCUT2D eigenvalue weighted by Crippen LogP contribution is 2.70. The SMILES string of the molecule is CNC(=O)C(CSCC(=O)[C@@]1(O)[C@H](C)C[C@H]2[C@@H]3CCC4=CC(=O)C=C[C@]4(C)[C@@]3(F)[C@@H](O)C[C@@]21C)N([14CH3])[14CH3]. The Labute approximate surface area is 223 Å². The van der Waals surface area contributed by atoms with E-state index in [0.717, 1.165) is 0 Å². The molecule has 3 saturated carbocycles. The molecule has 3 fully saturated rings. The zero-order valence-electron chi connectivity index (χ0n) is 22.7. The number of aliphatic hydroxyl groups excluding tert-OH is 1. The van der Waals surface area contributed by atoms with Gasteiger partial charge in [0, 0.05) is 29.5 Å². The number of Topliss-reactive ketones (excluding diaryl/α,β-unsaturated/α-hetero) is 1. The summed E-state index contributed by atoms with van der Waals surface area (Å²) in [5.41, 5.74) is -5.08. The number of alkyl halides is 1. The van der Waals surface area contributed by atoms with Gasteiger partial charge in [0.15, 0.2) is 17.2 Å². The van der Waals surface area contributed by atoms with Gasteiger partial charge in [-0.05, 0) is 70.7 Å². The summed E-state index contributed by atoms with van der Waals surface area (Å²) in [7, 11) is 5.18. The van der Waals surface area contributed by atoms with E-state index >= 15 is 4.39 Å². The molecule has 4 rings (SSSR count). The van der Waals surface area contributed by atoms with Gasteiger partial charge >= 0.3 is 0 Å². The van der Waals surface area contributed by atoms with Crippen LogP contribution in [0.25, 0.3) is 0 Å². The number of rotatable bonds is 7. The van der Waals surface area contributed by atoms with E-state index in [0.29, 0.717) is 30.6 Å². The van der Waals surface area contributed by atoms with Crippen molar-refractivity contribution in [2.45, 2.75) is 69.9 Å². The maximum atomic E-state index is 17.3. The fourth-order valence-corrected chi connectivity index (χ4v) is 9.34. The molecule has 0 bridgehead atoms. The first-order valence-corrected chi connectivity index (χ1v) is 14.4. The molecule has 1 amide bonds. The van der Waals surface area contributed by atoms with E-state index in [9.17, 15) is 24.6 Å². The van der Waals surface area contributed by atoms with E-state index in [4.69, 9.17) is 0 Å². The third kappa shape index (κ3) is 3.90. The van der Waals surface area contributed by atoms with Gasteiger partial charge in [0.05, 0.1) is 17.9 Å². The summed E-state index contributed by atoms with van der Waals surface area (Å²) in [6.07, 6.45) is 4.57. The summed E-state index contributed by atoms with van der Waals surface area (Å²) in [6, 6.07) is -0.411. The van der Waals surface area contributed by atoms with Crippen molar-refractivity contribution < 1.29 is 29.0 Å². The molecule has 0 aliphatic heterocycles. The Balaban J connectivity index is 1.60. The van der Waals surface area contributed by atoms with Gasteiger partial charge in [-0.25, -0.2) is 4.39 Å². The lowest BCUT2D eigenvalue weighted by molar-refractivity contribution is -0.218. The Hall–Kier alpha value is -1.55. The molecule has 7 nitrogen and oxygen atoms in total. The number of thioether (sulfide) groups is 1. The Morgan fingerprint density at radius 3 is 2.62 bits per heavy atom. The van der Waals surface area contributed by atoms with Crippen molar-refractivity contribution in [3.63, 3.8) is 0 Å². The van der Waals surface area contributed by atoms with E-state index in [-0.39, 0.29) is 35.6 Å². The molecule has 206 valence electrons. The zero-order valence-corrected chi connectivity index (χ0v) is 23.5. The second kappa shape index (κ2) is 9.57. The van der Waals surface area contributed by atoms with E-state index in [2.05, 4.69) is 5.32 Å².